The zero-order valence-corrected chi connectivity index (χ0v) is 20.2. The smallest absolute Gasteiger partial charge is 0.151 e. The number of piperidine rings is 2. The number of halogens is 1. The topological polar surface area (TPSA) is 68.1 Å². The first-order valence-electron chi connectivity index (χ1n) is 12.3. The van der Waals surface area contributed by atoms with Gasteiger partial charge in [-0.25, -0.2) is 0 Å². The van der Waals surface area contributed by atoms with Crippen LogP contribution in [-0.2, 0) is 6.42 Å². The number of hydrogen-bond acceptors (Lipinski definition) is 6. The number of hydrogen-bond donors (Lipinski definition) is 1. The van der Waals surface area contributed by atoms with Crippen LogP contribution in [0.3, 0.4) is 0 Å². The van der Waals surface area contributed by atoms with Crippen molar-refractivity contribution in [2.24, 2.45) is 11.3 Å². The first-order chi connectivity index (χ1) is 16.0. The van der Waals surface area contributed by atoms with Gasteiger partial charge in [-0.2, -0.15) is 10.4 Å². The van der Waals surface area contributed by atoms with Gasteiger partial charge in [-0.15, -0.1) is 5.10 Å². The van der Waals surface area contributed by atoms with Crippen molar-refractivity contribution < 1.29 is 0 Å². The van der Waals surface area contributed by atoms with Crippen LogP contribution in [-0.4, -0.2) is 49.0 Å². The van der Waals surface area contributed by atoms with Crippen molar-refractivity contribution in [1.82, 2.24) is 15.5 Å². The third-order valence-corrected chi connectivity index (χ3v) is 8.29. The number of benzene rings is 1. The van der Waals surface area contributed by atoms with E-state index >= 15 is 0 Å². The molecule has 3 fully saturated rings. The van der Waals surface area contributed by atoms with E-state index in [-0.39, 0.29) is 0 Å². The summed E-state index contributed by atoms with van der Waals surface area (Å²) in [5.41, 5.74) is 3.12. The molecule has 33 heavy (non-hydrogen) atoms. The minimum absolute atomic E-state index is 0.332. The normalized spacial score (nSPS) is 23.1. The van der Waals surface area contributed by atoms with Gasteiger partial charge in [0.15, 0.2) is 5.82 Å². The van der Waals surface area contributed by atoms with Crippen molar-refractivity contribution in [2.75, 3.05) is 42.5 Å². The highest BCUT2D eigenvalue weighted by Crippen LogP contribution is 2.45. The minimum Gasteiger partial charge on any atom is -0.368 e. The van der Waals surface area contributed by atoms with Gasteiger partial charge in [-0.1, -0.05) is 11.6 Å². The van der Waals surface area contributed by atoms with Crippen LogP contribution in [0.25, 0.3) is 0 Å². The lowest BCUT2D eigenvalue weighted by Gasteiger charge is -2.39. The third-order valence-electron chi connectivity index (χ3n) is 7.98. The van der Waals surface area contributed by atoms with Crippen molar-refractivity contribution >= 4 is 23.1 Å². The zero-order chi connectivity index (χ0) is 22.8. The lowest BCUT2D eigenvalue weighted by atomic mass is 9.77. The molecule has 4 heterocycles. The molecule has 3 aliphatic heterocycles. The lowest BCUT2D eigenvalue weighted by molar-refractivity contribution is 0.244. The van der Waals surface area contributed by atoms with E-state index in [9.17, 15) is 0 Å². The van der Waals surface area contributed by atoms with E-state index in [1.54, 1.807) is 0 Å². The Hall–Kier alpha value is -2.36. The molecule has 0 bridgehead atoms. The molecule has 1 N–H and O–H groups in total. The molecule has 0 saturated carbocycles. The highest BCUT2D eigenvalue weighted by molar-refractivity contribution is 6.32. The number of nitriles is 1. The van der Waals surface area contributed by atoms with E-state index in [1.165, 1.54) is 19.3 Å². The average molecular weight is 465 g/mol. The molecule has 174 valence electrons. The second-order valence-electron chi connectivity index (χ2n) is 10.2. The van der Waals surface area contributed by atoms with Gasteiger partial charge in [0.1, 0.15) is 6.07 Å². The molecule has 3 saturated heterocycles. The summed E-state index contributed by atoms with van der Waals surface area (Å²) in [6, 6.07) is 12.8. The first kappa shape index (κ1) is 22.4. The second kappa shape index (κ2) is 9.48. The average Bonchev–Trinajstić information content (AvgIpc) is 3.16. The maximum atomic E-state index is 9.17. The Morgan fingerprint density at radius 2 is 1.94 bits per heavy atom. The van der Waals surface area contributed by atoms with Gasteiger partial charge in [0.05, 0.1) is 16.3 Å². The maximum absolute atomic E-state index is 9.17. The standard InChI is InChI=1S/C26H33ClN6/c1-19-16-26(18-33(19)23-4-2-21(17-28)24(27)15-23)8-12-32(13-9-26)25-5-3-22(30-31-25)14-20-6-10-29-11-7-20/h2-5,15,19-20,29H,6-14,16,18H2,1H3/t19-/m0/s1. The highest BCUT2D eigenvalue weighted by Gasteiger charge is 2.44. The Labute approximate surface area is 201 Å². The van der Waals surface area contributed by atoms with Crippen LogP contribution in [0.2, 0.25) is 5.02 Å². The second-order valence-corrected chi connectivity index (χ2v) is 10.6. The van der Waals surface area contributed by atoms with Crippen LogP contribution in [0.4, 0.5) is 11.5 Å². The molecule has 1 aromatic carbocycles. The van der Waals surface area contributed by atoms with E-state index < -0.39 is 0 Å². The number of anilines is 2. The lowest BCUT2D eigenvalue weighted by Crippen LogP contribution is -2.42. The van der Waals surface area contributed by atoms with Gasteiger partial charge >= 0.3 is 0 Å². The summed E-state index contributed by atoms with van der Waals surface area (Å²) in [5, 5.41) is 22.3. The van der Waals surface area contributed by atoms with E-state index in [0.29, 0.717) is 22.0 Å². The predicted molar refractivity (Wildman–Crippen MR) is 133 cm³/mol. The van der Waals surface area contributed by atoms with Crippen LogP contribution < -0.4 is 15.1 Å². The maximum Gasteiger partial charge on any atom is 0.151 e. The Bertz CT molecular complexity index is 1000. The molecule has 0 amide bonds. The molecule has 2 aromatic rings. The van der Waals surface area contributed by atoms with Gasteiger partial charge in [-0.3, -0.25) is 0 Å². The summed E-state index contributed by atoms with van der Waals surface area (Å²) in [4.78, 5) is 4.87. The van der Waals surface area contributed by atoms with Crippen LogP contribution in [0, 0.1) is 22.7 Å². The van der Waals surface area contributed by atoms with E-state index in [2.05, 4.69) is 50.4 Å². The van der Waals surface area contributed by atoms with Crippen molar-refractivity contribution in [3.63, 3.8) is 0 Å². The summed E-state index contributed by atoms with van der Waals surface area (Å²) < 4.78 is 0. The number of aromatic nitrogens is 2. The molecule has 5 rings (SSSR count). The molecular weight excluding hydrogens is 432 g/mol. The Balaban J connectivity index is 1.19. The predicted octanol–water partition coefficient (Wildman–Crippen LogP) is 4.43. The van der Waals surface area contributed by atoms with Crippen LogP contribution >= 0.6 is 11.6 Å². The largest absolute Gasteiger partial charge is 0.368 e. The fourth-order valence-corrected chi connectivity index (χ4v) is 6.24. The summed E-state index contributed by atoms with van der Waals surface area (Å²) in [5.74, 6) is 1.75. The zero-order valence-electron chi connectivity index (χ0n) is 19.4. The molecule has 3 aliphatic rings. The number of rotatable bonds is 4. The quantitative estimate of drug-likeness (QED) is 0.721. The Kier molecular flexibility index (Phi) is 6.44. The molecule has 6 nitrogen and oxygen atoms in total. The van der Waals surface area contributed by atoms with Gasteiger partial charge in [-0.05, 0) is 100 Å². The van der Waals surface area contributed by atoms with E-state index in [0.717, 1.165) is 75.1 Å². The van der Waals surface area contributed by atoms with Gasteiger partial charge in [0, 0.05) is 31.4 Å². The summed E-state index contributed by atoms with van der Waals surface area (Å²) in [6.45, 7) is 7.65. The van der Waals surface area contributed by atoms with Crippen molar-refractivity contribution in [3.8, 4) is 6.07 Å². The molecular formula is C26H33ClN6. The first-order valence-corrected chi connectivity index (χ1v) is 12.7. The molecule has 1 aromatic heterocycles. The minimum atomic E-state index is 0.332. The Morgan fingerprint density at radius 3 is 2.61 bits per heavy atom. The number of nitrogens with one attached hydrogen (secondary N) is 1. The molecule has 0 unspecified atom stereocenters. The highest BCUT2D eigenvalue weighted by atomic mass is 35.5. The summed E-state index contributed by atoms with van der Waals surface area (Å²) in [7, 11) is 0. The summed E-state index contributed by atoms with van der Waals surface area (Å²) >= 11 is 6.31. The molecule has 0 radical (unpaired) electrons. The van der Waals surface area contributed by atoms with Crippen molar-refractivity contribution in [2.45, 2.75) is 51.5 Å². The molecule has 1 spiro atoms. The third kappa shape index (κ3) is 4.81. The van der Waals surface area contributed by atoms with Crippen molar-refractivity contribution in [3.05, 3.63) is 46.6 Å². The van der Waals surface area contributed by atoms with Gasteiger partial charge in [0.25, 0.3) is 0 Å². The Morgan fingerprint density at radius 1 is 1.15 bits per heavy atom. The SMILES string of the molecule is C[C@H]1CC2(CCN(c3ccc(CC4CCNCC4)nn3)CC2)CN1c1ccc(C#N)c(Cl)c1. The molecule has 0 aliphatic carbocycles. The van der Waals surface area contributed by atoms with Crippen molar-refractivity contribution in [1.29, 1.82) is 5.26 Å². The fourth-order valence-electron chi connectivity index (χ4n) is 6.02. The van der Waals surface area contributed by atoms with Gasteiger partial charge in [0.2, 0.25) is 0 Å². The van der Waals surface area contributed by atoms with Gasteiger partial charge < -0.3 is 15.1 Å². The van der Waals surface area contributed by atoms with E-state index in [4.69, 9.17) is 16.9 Å². The van der Waals surface area contributed by atoms with E-state index in [1.807, 2.05) is 18.2 Å². The van der Waals surface area contributed by atoms with Crippen LogP contribution in [0.15, 0.2) is 30.3 Å². The number of nitrogens with zero attached hydrogens (tertiary/aromatic N) is 5. The summed E-state index contributed by atoms with van der Waals surface area (Å²) in [6.07, 6.45) is 7.04. The van der Waals surface area contributed by atoms with Crippen LogP contribution in [0.5, 0.6) is 0 Å². The molecule has 7 heteroatoms. The van der Waals surface area contributed by atoms with Crippen LogP contribution in [0.1, 0.15) is 50.3 Å². The monoisotopic (exact) mass is 464 g/mol. The molecule has 1 atom stereocenters. The fraction of sp³-hybridized carbons (Fsp3) is 0.577.